The third-order valence-corrected chi connectivity index (χ3v) is 5.36. The van der Waals surface area contributed by atoms with E-state index in [1.807, 2.05) is 53.3 Å². The maximum atomic E-state index is 5.93. The molecule has 0 amide bonds. The lowest BCUT2D eigenvalue weighted by Gasteiger charge is -2.35. The first-order chi connectivity index (χ1) is 13.7. The lowest BCUT2D eigenvalue weighted by Crippen LogP contribution is -2.49. The Bertz CT molecular complexity index is 901. The standard InChI is InChI=1S/C20H22ClN5OS/c21-17-5-3-16(4-6-17)14-26-8-7-19(23-26)22-20(28)25-11-9-24(10-12-25)15-18-2-1-13-27-18/h1-8,13H,9-12,14-15H2,(H,22,23,28). The molecule has 28 heavy (non-hydrogen) atoms. The number of aromatic nitrogens is 2. The third-order valence-electron chi connectivity index (χ3n) is 4.75. The molecule has 1 fully saturated rings. The van der Waals surface area contributed by atoms with E-state index in [9.17, 15) is 0 Å². The van der Waals surface area contributed by atoms with Crippen LogP contribution in [-0.2, 0) is 13.1 Å². The van der Waals surface area contributed by atoms with Gasteiger partial charge in [-0.25, -0.2) is 0 Å². The van der Waals surface area contributed by atoms with Crippen LogP contribution in [0.4, 0.5) is 5.82 Å². The van der Waals surface area contributed by atoms with Gasteiger partial charge in [-0.3, -0.25) is 9.58 Å². The largest absolute Gasteiger partial charge is 0.468 e. The summed E-state index contributed by atoms with van der Waals surface area (Å²) in [5.41, 5.74) is 1.15. The van der Waals surface area contributed by atoms with E-state index in [1.165, 1.54) is 0 Å². The average molecular weight is 416 g/mol. The molecule has 3 aromatic rings. The zero-order valence-electron chi connectivity index (χ0n) is 15.4. The Kier molecular flexibility index (Phi) is 5.95. The van der Waals surface area contributed by atoms with Crippen LogP contribution in [0.1, 0.15) is 11.3 Å². The van der Waals surface area contributed by atoms with Gasteiger partial charge in [-0.2, -0.15) is 5.10 Å². The first-order valence-electron chi connectivity index (χ1n) is 9.24. The van der Waals surface area contributed by atoms with Gasteiger partial charge in [0, 0.05) is 43.5 Å². The molecule has 4 rings (SSSR count). The van der Waals surface area contributed by atoms with Crippen LogP contribution in [0.3, 0.4) is 0 Å². The summed E-state index contributed by atoms with van der Waals surface area (Å²) in [6, 6.07) is 13.7. The number of thiocarbonyl (C=S) groups is 1. The number of halogens is 1. The highest BCUT2D eigenvalue weighted by molar-refractivity contribution is 7.80. The van der Waals surface area contributed by atoms with E-state index in [4.69, 9.17) is 28.2 Å². The van der Waals surface area contributed by atoms with Gasteiger partial charge < -0.3 is 14.6 Å². The van der Waals surface area contributed by atoms with Crippen LogP contribution in [-0.4, -0.2) is 50.9 Å². The quantitative estimate of drug-likeness (QED) is 0.641. The zero-order valence-corrected chi connectivity index (χ0v) is 17.0. The minimum Gasteiger partial charge on any atom is -0.468 e. The van der Waals surface area contributed by atoms with Gasteiger partial charge >= 0.3 is 0 Å². The molecule has 6 nitrogen and oxygen atoms in total. The fourth-order valence-electron chi connectivity index (χ4n) is 3.21. The smallest absolute Gasteiger partial charge is 0.174 e. The van der Waals surface area contributed by atoms with Gasteiger partial charge in [-0.15, -0.1) is 0 Å². The third kappa shape index (κ3) is 4.92. The average Bonchev–Trinajstić information content (AvgIpc) is 3.36. The van der Waals surface area contributed by atoms with Gasteiger partial charge in [-0.1, -0.05) is 23.7 Å². The van der Waals surface area contributed by atoms with E-state index in [0.29, 0.717) is 6.54 Å². The lowest BCUT2D eigenvalue weighted by atomic mass is 10.2. The van der Waals surface area contributed by atoms with Crippen LogP contribution >= 0.6 is 23.8 Å². The molecule has 0 saturated carbocycles. The molecule has 8 heteroatoms. The first-order valence-corrected chi connectivity index (χ1v) is 10.0. The van der Waals surface area contributed by atoms with Gasteiger partial charge in [0.15, 0.2) is 10.9 Å². The highest BCUT2D eigenvalue weighted by Crippen LogP contribution is 2.13. The number of benzene rings is 1. The van der Waals surface area contributed by atoms with Crippen molar-refractivity contribution in [2.24, 2.45) is 0 Å². The summed E-state index contributed by atoms with van der Waals surface area (Å²) in [5.74, 6) is 1.76. The van der Waals surface area contributed by atoms with E-state index >= 15 is 0 Å². The molecule has 0 aliphatic carbocycles. The second-order valence-electron chi connectivity index (χ2n) is 6.80. The minimum atomic E-state index is 0.692. The Balaban J connectivity index is 1.26. The summed E-state index contributed by atoms with van der Waals surface area (Å²) >= 11 is 11.5. The first kappa shape index (κ1) is 19.0. The molecule has 1 aliphatic heterocycles. The highest BCUT2D eigenvalue weighted by atomic mass is 35.5. The summed E-state index contributed by atoms with van der Waals surface area (Å²) in [6.45, 7) is 5.21. The maximum absolute atomic E-state index is 5.93. The van der Waals surface area contributed by atoms with Crippen LogP contribution in [0.25, 0.3) is 0 Å². The molecular formula is C20H22ClN5OS. The van der Waals surface area contributed by atoms with Crippen LogP contribution < -0.4 is 5.32 Å². The topological polar surface area (TPSA) is 49.5 Å². The summed E-state index contributed by atoms with van der Waals surface area (Å²) in [7, 11) is 0. The SMILES string of the molecule is S=C(Nc1ccn(Cc2ccc(Cl)cc2)n1)N1CCN(Cc2ccco2)CC1. The number of hydrogen-bond acceptors (Lipinski definition) is 4. The van der Waals surface area contributed by atoms with Crippen LogP contribution in [0.5, 0.6) is 0 Å². The number of nitrogens with zero attached hydrogens (tertiary/aromatic N) is 4. The lowest BCUT2D eigenvalue weighted by molar-refractivity contribution is 0.166. The molecule has 1 aliphatic rings. The predicted molar refractivity (Wildman–Crippen MR) is 115 cm³/mol. The van der Waals surface area contributed by atoms with Crippen molar-refractivity contribution in [3.63, 3.8) is 0 Å². The van der Waals surface area contributed by atoms with Crippen LogP contribution in [0, 0.1) is 0 Å². The van der Waals surface area contributed by atoms with E-state index in [-0.39, 0.29) is 0 Å². The fourth-order valence-corrected chi connectivity index (χ4v) is 3.63. The number of rotatable bonds is 5. The molecule has 0 atom stereocenters. The molecule has 2 aromatic heterocycles. The zero-order chi connectivity index (χ0) is 19.3. The second-order valence-corrected chi connectivity index (χ2v) is 7.62. The van der Waals surface area contributed by atoms with Crippen molar-refractivity contribution in [2.45, 2.75) is 13.1 Å². The van der Waals surface area contributed by atoms with Gasteiger partial charge in [0.2, 0.25) is 0 Å². The molecule has 0 bridgehead atoms. The highest BCUT2D eigenvalue weighted by Gasteiger charge is 2.20. The molecular weight excluding hydrogens is 394 g/mol. The number of nitrogens with one attached hydrogen (secondary N) is 1. The Hall–Kier alpha value is -2.35. The summed E-state index contributed by atoms with van der Waals surface area (Å²) in [6.07, 6.45) is 3.66. The van der Waals surface area contributed by atoms with Crippen molar-refractivity contribution in [3.8, 4) is 0 Å². The van der Waals surface area contributed by atoms with Crippen LogP contribution in [0.15, 0.2) is 59.3 Å². The summed E-state index contributed by atoms with van der Waals surface area (Å²) in [5, 5.41) is 9.27. The maximum Gasteiger partial charge on any atom is 0.174 e. The Morgan fingerprint density at radius 3 is 2.57 bits per heavy atom. The molecule has 3 heterocycles. The fraction of sp³-hybridized carbons (Fsp3) is 0.300. The Labute approximate surface area is 174 Å². The second kappa shape index (κ2) is 8.77. The van der Waals surface area contributed by atoms with Crippen molar-refractivity contribution >= 4 is 34.7 Å². The van der Waals surface area contributed by atoms with Gasteiger partial charge in [0.25, 0.3) is 0 Å². The van der Waals surface area contributed by atoms with E-state index in [1.54, 1.807) is 6.26 Å². The molecule has 1 aromatic carbocycles. The van der Waals surface area contributed by atoms with Crippen molar-refractivity contribution in [1.82, 2.24) is 19.6 Å². The number of piperazine rings is 1. The minimum absolute atomic E-state index is 0.692. The number of anilines is 1. The van der Waals surface area contributed by atoms with Crippen molar-refractivity contribution in [3.05, 3.63) is 71.3 Å². The molecule has 1 saturated heterocycles. The normalized spacial score (nSPS) is 15.0. The summed E-state index contributed by atoms with van der Waals surface area (Å²) in [4.78, 5) is 4.56. The molecule has 1 N–H and O–H groups in total. The predicted octanol–water partition coefficient (Wildman–Crippen LogP) is 3.69. The number of hydrogen-bond donors (Lipinski definition) is 1. The molecule has 0 radical (unpaired) electrons. The molecule has 0 unspecified atom stereocenters. The monoisotopic (exact) mass is 415 g/mol. The van der Waals surface area contributed by atoms with Crippen molar-refractivity contribution in [2.75, 3.05) is 31.5 Å². The van der Waals surface area contributed by atoms with Gasteiger partial charge in [0.05, 0.1) is 19.4 Å². The summed E-state index contributed by atoms with van der Waals surface area (Å²) < 4.78 is 7.31. The van der Waals surface area contributed by atoms with Crippen molar-refractivity contribution in [1.29, 1.82) is 0 Å². The Morgan fingerprint density at radius 1 is 1.07 bits per heavy atom. The molecule has 146 valence electrons. The van der Waals surface area contributed by atoms with Gasteiger partial charge in [0.1, 0.15) is 5.76 Å². The number of furan rings is 1. The molecule has 0 spiro atoms. The van der Waals surface area contributed by atoms with Gasteiger partial charge in [-0.05, 0) is 42.0 Å². The Morgan fingerprint density at radius 2 is 1.86 bits per heavy atom. The van der Waals surface area contributed by atoms with Crippen LogP contribution in [0.2, 0.25) is 5.02 Å². The van der Waals surface area contributed by atoms with Crippen molar-refractivity contribution < 1.29 is 4.42 Å². The van der Waals surface area contributed by atoms with E-state index < -0.39 is 0 Å². The van der Waals surface area contributed by atoms with E-state index in [0.717, 1.165) is 60.0 Å². The van der Waals surface area contributed by atoms with E-state index in [2.05, 4.69) is 20.2 Å².